The molecule has 162 valence electrons. The Bertz CT molecular complexity index is 1250. The van der Waals surface area contributed by atoms with Gasteiger partial charge in [-0.25, -0.2) is 4.39 Å². The molecule has 0 aliphatic heterocycles. The molecular weight excluding hydrogens is 421 g/mol. The van der Waals surface area contributed by atoms with E-state index in [1.165, 1.54) is 24.5 Å². The van der Waals surface area contributed by atoms with Gasteiger partial charge in [0.2, 0.25) is 12.7 Å². The molecule has 9 nitrogen and oxygen atoms in total. The Hall–Kier alpha value is -4.47. The van der Waals surface area contributed by atoms with E-state index in [9.17, 15) is 14.0 Å². The van der Waals surface area contributed by atoms with Crippen LogP contribution in [0.25, 0.3) is 23.1 Å². The molecule has 10 heteroatoms. The van der Waals surface area contributed by atoms with E-state index in [4.69, 9.17) is 13.6 Å². The third-order valence-corrected chi connectivity index (χ3v) is 4.35. The zero-order valence-corrected chi connectivity index (χ0v) is 16.7. The summed E-state index contributed by atoms with van der Waals surface area (Å²) in [4.78, 5) is 23.2. The molecule has 0 spiro atoms. The average Bonchev–Trinajstić information content (AvgIpc) is 3.48. The lowest BCUT2D eigenvalue weighted by atomic mass is 10.1. The number of anilines is 1. The van der Waals surface area contributed by atoms with Gasteiger partial charge < -0.3 is 23.6 Å². The average molecular weight is 437 g/mol. The minimum atomic E-state index is -0.660. The molecular formula is C22H16FN3O6. The molecule has 0 unspecified atom stereocenters. The summed E-state index contributed by atoms with van der Waals surface area (Å²) < 4.78 is 35.0. The van der Waals surface area contributed by atoms with Crippen LogP contribution in [-0.4, -0.2) is 29.4 Å². The minimum absolute atomic E-state index is 0.0955. The monoisotopic (exact) mass is 437 g/mol. The van der Waals surface area contributed by atoms with Gasteiger partial charge in [-0.1, -0.05) is 11.6 Å². The molecule has 0 saturated carbocycles. The molecule has 2 aromatic heterocycles. The molecule has 32 heavy (non-hydrogen) atoms. The fraction of sp³-hybridized carbons (Fsp3) is 0.0909. The van der Waals surface area contributed by atoms with Crippen LogP contribution in [0.5, 0.6) is 5.75 Å². The van der Waals surface area contributed by atoms with Crippen molar-refractivity contribution in [2.45, 2.75) is 6.92 Å². The molecule has 1 amide bonds. The van der Waals surface area contributed by atoms with Crippen LogP contribution < -0.4 is 10.1 Å². The van der Waals surface area contributed by atoms with Crippen LogP contribution in [0.4, 0.5) is 10.1 Å². The standard InChI is InChI=1S/C22H16FN3O6/c1-13-4-7-18(31-12-29-11-27)15(9-13)20(28)24-17-10-14(5-6-16(17)23)21-25-26-22(32-21)19-3-2-8-30-19/h2-11H,12H2,1H3,(H,24,28). The van der Waals surface area contributed by atoms with Crippen molar-refractivity contribution in [3.63, 3.8) is 0 Å². The van der Waals surface area contributed by atoms with Crippen LogP contribution >= 0.6 is 0 Å². The smallest absolute Gasteiger partial charge is 0.295 e. The largest absolute Gasteiger partial charge is 0.459 e. The maximum Gasteiger partial charge on any atom is 0.295 e. The number of hydrogen-bond donors (Lipinski definition) is 1. The third-order valence-electron chi connectivity index (χ3n) is 4.35. The van der Waals surface area contributed by atoms with E-state index < -0.39 is 11.7 Å². The predicted octanol–water partition coefficient (Wildman–Crippen LogP) is 4.21. The Balaban J connectivity index is 1.58. The molecule has 2 aromatic carbocycles. The molecule has 4 aromatic rings. The normalized spacial score (nSPS) is 10.6. The number of rotatable bonds is 8. The third kappa shape index (κ3) is 4.48. The van der Waals surface area contributed by atoms with E-state index >= 15 is 0 Å². The highest BCUT2D eigenvalue weighted by molar-refractivity contribution is 6.06. The predicted molar refractivity (Wildman–Crippen MR) is 109 cm³/mol. The second-order valence-electron chi connectivity index (χ2n) is 6.56. The maximum atomic E-state index is 14.4. The Kier molecular flexibility index (Phi) is 5.93. The van der Waals surface area contributed by atoms with E-state index in [1.807, 2.05) is 0 Å². The quantitative estimate of drug-likeness (QED) is 0.248. The highest BCUT2D eigenvalue weighted by atomic mass is 19.1. The number of halogens is 1. The SMILES string of the molecule is Cc1ccc(OCOC=O)c(C(=O)Nc2cc(-c3nnc(-c4ccco4)o3)ccc2F)c1. The number of amides is 1. The second kappa shape index (κ2) is 9.13. The number of hydrogen-bond acceptors (Lipinski definition) is 8. The summed E-state index contributed by atoms with van der Waals surface area (Å²) in [6.07, 6.45) is 1.47. The molecule has 2 heterocycles. The number of carbonyl (C=O) groups is 2. The summed E-state index contributed by atoms with van der Waals surface area (Å²) in [7, 11) is 0. The molecule has 0 aliphatic rings. The van der Waals surface area contributed by atoms with Crippen molar-refractivity contribution in [3.05, 3.63) is 71.7 Å². The number of nitrogens with zero attached hydrogens (tertiary/aromatic N) is 2. The van der Waals surface area contributed by atoms with Gasteiger partial charge in [-0.3, -0.25) is 9.59 Å². The summed E-state index contributed by atoms with van der Waals surface area (Å²) in [5.74, 6) is -0.423. The first kappa shape index (κ1) is 20.8. The van der Waals surface area contributed by atoms with Crippen LogP contribution in [0.2, 0.25) is 0 Å². The van der Waals surface area contributed by atoms with Crippen LogP contribution in [0.15, 0.2) is 63.6 Å². The number of carbonyl (C=O) groups excluding carboxylic acids is 2. The summed E-state index contributed by atoms with van der Waals surface area (Å²) in [5, 5.41) is 10.4. The van der Waals surface area contributed by atoms with Crippen molar-refractivity contribution in [3.8, 4) is 28.9 Å². The Morgan fingerprint density at radius 3 is 2.78 bits per heavy atom. The molecule has 0 fully saturated rings. The zero-order valence-electron chi connectivity index (χ0n) is 16.7. The Labute approximate surface area is 180 Å². The highest BCUT2D eigenvalue weighted by Crippen LogP contribution is 2.28. The summed E-state index contributed by atoms with van der Waals surface area (Å²) in [6.45, 7) is 1.64. The summed E-state index contributed by atoms with van der Waals surface area (Å²) >= 11 is 0. The van der Waals surface area contributed by atoms with Crippen molar-refractivity contribution >= 4 is 18.1 Å². The van der Waals surface area contributed by atoms with Gasteiger partial charge in [0.15, 0.2) is 5.76 Å². The summed E-state index contributed by atoms with van der Waals surface area (Å²) in [5.41, 5.74) is 1.22. The summed E-state index contributed by atoms with van der Waals surface area (Å²) in [6, 6.07) is 12.2. The van der Waals surface area contributed by atoms with Crippen LogP contribution in [0.1, 0.15) is 15.9 Å². The first-order valence-corrected chi connectivity index (χ1v) is 9.32. The number of nitrogens with one attached hydrogen (secondary N) is 1. The van der Waals surface area contributed by atoms with Gasteiger partial charge in [0.1, 0.15) is 11.6 Å². The first-order chi connectivity index (χ1) is 15.5. The molecule has 0 radical (unpaired) electrons. The molecule has 1 N–H and O–H groups in total. The number of furan rings is 1. The topological polar surface area (TPSA) is 117 Å². The maximum absolute atomic E-state index is 14.4. The van der Waals surface area contributed by atoms with Crippen LogP contribution in [-0.2, 0) is 9.53 Å². The van der Waals surface area contributed by atoms with E-state index in [2.05, 4.69) is 20.3 Å². The molecule has 0 saturated heterocycles. The second-order valence-corrected chi connectivity index (χ2v) is 6.56. The van der Waals surface area contributed by atoms with Gasteiger partial charge in [-0.15, -0.1) is 10.2 Å². The van der Waals surface area contributed by atoms with E-state index in [0.717, 1.165) is 5.56 Å². The number of benzene rings is 2. The van der Waals surface area contributed by atoms with Crippen molar-refractivity contribution in [2.75, 3.05) is 12.1 Å². The lowest BCUT2D eigenvalue weighted by Gasteiger charge is -2.12. The van der Waals surface area contributed by atoms with Gasteiger partial charge >= 0.3 is 0 Å². The highest BCUT2D eigenvalue weighted by Gasteiger charge is 2.18. The van der Waals surface area contributed by atoms with Crippen LogP contribution in [0.3, 0.4) is 0 Å². The molecule has 4 rings (SSSR count). The Morgan fingerprint density at radius 1 is 1.16 bits per heavy atom. The van der Waals surface area contributed by atoms with Gasteiger partial charge in [0, 0.05) is 5.56 Å². The van der Waals surface area contributed by atoms with Gasteiger partial charge in [0.25, 0.3) is 18.3 Å². The number of aromatic nitrogens is 2. The zero-order chi connectivity index (χ0) is 22.5. The number of aryl methyl sites for hydroxylation is 1. The van der Waals surface area contributed by atoms with Crippen molar-refractivity contribution < 1.29 is 32.3 Å². The first-order valence-electron chi connectivity index (χ1n) is 9.32. The minimum Gasteiger partial charge on any atom is -0.459 e. The van der Waals surface area contributed by atoms with E-state index in [0.29, 0.717) is 11.3 Å². The van der Waals surface area contributed by atoms with Gasteiger partial charge in [-0.05, 0) is 49.4 Å². The van der Waals surface area contributed by atoms with Crippen LogP contribution in [0, 0.1) is 12.7 Å². The Morgan fingerprint density at radius 2 is 2.00 bits per heavy atom. The van der Waals surface area contributed by atoms with E-state index in [1.54, 1.807) is 37.3 Å². The lowest BCUT2D eigenvalue weighted by Crippen LogP contribution is -2.15. The number of ether oxygens (including phenoxy) is 2. The van der Waals surface area contributed by atoms with Crippen molar-refractivity contribution in [2.24, 2.45) is 0 Å². The fourth-order valence-corrected chi connectivity index (χ4v) is 2.86. The molecule has 0 bridgehead atoms. The molecule has 0 atom stereocenters. The fourth-order valence-electron chi connectivity index (χ4n) is 2.86. The van der Waals surface area contributed by atoms with Gasteiger partial charge in [0.05, 0.1) is 17.5 Å². The molecule has 0 aliphatic carbocycles. The van der Waals surface area contributed by atoms with Crippen molar-refractivity contribution in [1.29, 1.82) is 0 Å². The van der Waals surface area contributed by atoms with Gasteiger partial charge in [-0.2, -0.15) is 0 Å². The van der Waals surface area contributed by atoms with E-state index in [-0.39, 0.29) is 42.0 Å². The lowest BCUT2D eigenvalue weighted by molar-refractivity contribution is -0.134. The van der Waals surface area contributed by atoms with Crippen molar-refractivity contribution in [1.82, 2.24) is 10.2 Å².